The van der Waals surface area contributed by atoms with E-state index in [0.717, 1.165) is 61.8 Å². The summed E-state index contributed by atoms with van der Waals surface area (Å²) in [6, 6.07) is 6.58. The highest BCUT2D eigenvalue weighted by Gasteiger charge is 2.65. The zero-order valence-electron chi connectivity index (χ0n) is 18.0. The number of nitrogens with zero attached hydrogens (tertiary/aromatic N) is 1. The first-order valence-electron chi connectivity index (χ1n) is 11.4. The highest BCUT2D eigenvalue weighted by atomic mass is 32.2. The third kappa shape index (κ3) is 3.71. The maximum absolute atomic E-state index is 13.6. The number of aryl methyl sites for hydroxylation is 1. The van der Waals surface area contributed by atoms with E-state index in [1.165, 1.54) is 30.4 Å². The molecule has 1 aliphatic heterocycles. The molecule has 0 bridgehead atoms. The molecule has 31 heavy (non-hydrogen) atoms. The maximum atomic E-state index is 13.6. The molecule has 4 nitrogen and oxygen atoms in total. The van der Waals surface area contributed by atoms with Gasteiger partial charge in [-0.15, -0.1) is 0 Å². The maximum Gasteiger partial charge on any atom is 0.259 e. The number of methoxy groups -OCH3 is 1. The molecule has 1 atom stereocenters. The van der Waals surface area contributed by atoms with Crippen LogP contribution >= 0.6 is 11.8 Å². The standard InChI is InChI=1S/C24H30F2N2O2S/c1-30-18-8-10-23(11-9-18)13-17-7-6-16(5-4-15-2-3-15)12-19(17)24(23)21(29)27-22(28-24)31-14-20(25)26/h6-7,12,15,18,20H,2-5,8-11,13-14H2,1H3,(H,27,28,29). The lowest BCUT2D eigenvalue weighted by atomic mass is 9.61. The summed E-state index contributed by atoms with van der Waals surface area (Å²) >= 11 is 0.954. The Morgan fingerprint density at radius 2 is 2.03 bits per heavy atom. The van der Waals surface area contributed by atoms with Crippen LogP contribution < -0.4 is 5.32 Å². The summed E-state index contributed by atoms with van der Waals surface area (Å²) in [6.07, 6.45) is 6.94. The van der Waals surface area contributed by atoms with Crippen molar-refractivity contribution in [1.82, 2.24) is 5.32 Å². The molecule has 1 aromatic carbocycles. The van der Waals surface area contributed by atoms with Gasteiger partial charge in [-0.25, -0.2) is 13.8 Å². The molecule has 1 unspecified atom stereocenters. The number of alkyl halides is 2. The number of amidine groups is 1. The Labute approximate surface area is 186 Å². The highest BCUT2D eigenvalue weighted by molar-refractivity contribution is 8.13. The molecule has 4 aliphatic rings. The van der Waals surface area contributed by atoms with Crippen LogP contribution in [0.4, 0.5) is 8.78 Å². The first-order chi connectivity index (χ1) is 15.0. The van der Waals surface area contributed by atoms with Crippen molar-refractivity contribution in [1.29, 1.82) is 0 Å². The van der Waals surface area contributed by atoms with Gasteiger partial charge in [0, 0.05) is 12.5 Å². The Morgan fingerprint density at radius 3 is 2.71 bits per heavy atom. The van der Waals surface area contributed by atoms with E-state index >= 15 is 0 Å². The van der Waals surface area contributed by atoms with Crippen LogP contribution in [0, 0.1) is 11.3 Å². The van der Waals surface area contributed by atoms with Crippen LogP contribution in [0.25, 0.3) is 0 Å². The monoisotopic (exact) mass is 448 g/mol. The van der Waals surface area contributed by atoms with Crippen molar-refractivity contribution < 1.29 is 18.3 Å². The fraction of sp³-hybridized carbons (Fsp3) is 0.667. The van der Waals surface area contributed by atoms with Gasteiger partial charge >= 0.3 is 0 Å². The number of fused-ring (bicyclic) bond motifs is 3. The lowest BCUT2D eigenvalue weighted by molar-refractivity contribution is -0.130. The lowest BCUT2D eigenvalue weighted by Gasteiger charge is -2.44. The molecule has 2 fully saturated rings. The van der Waals surface area contributed by atoms with Crippen LogP contribution in [0.3, 0.4) is 0 Å². The number of aliphatic imine (C=N–C) groups is 1. The van der Waals surface area contributed by atoms with Crippen LogP contribution in [0.15, 0.2) is 23.2 Å². The van der Waals surface area contributed by atoms with Crippen molar-refractivity contribution in [3.63, 3.8) is 0 Å². The number of halogens is 2. The minimum absolute atomic E-state index is 0.141. The number of ether oxygens (including phenoxy) is 1. The van der Waals surface area contributed by atoms with Crippen molar-refractivity contribution in [2.45, 2.75) is 75.9 Å². The van der Waals surface area contributed by atoms with E-state index in [0.29, 0.717) is 5.17 Å². The van der Waals surface area contributed by atoms with Crippen molar-refractivity contribution in [3.05, 3.63) is 34.9 Å². The van der Waals surface area contributed by atoms with Gasteiger partial charge in [-0.3, -0.25) is 4.79 Å². The van der Waals surface area contributed by atoms with Crippen LogP contribution in [-0.4, -0.2) is 36.5 Å². The number of nitrogens with one attached hydrogen (secondary N) is 1. The van der Waals surface area contributed by atoms with E-state index in [-0.39, 0.29) is 23.2 Å². The Morgan fingerprint density at radius 1 is 1.26 bits per heavy atom. The van der Waals surface area contributed by atoms with E-state index in [1.807, 2.05) is 0 Å². The molecular weight excluding hydrogens is 418 g/mol. The topological polar surface area (TPSA) is 50.7 Å². The summed E-state index contributed by atoms with van der Waals surface area (Å²) in [5.41, 5.74) is 2.13. The van der Waals surface area contributed by atoms with Gasteiger partial charge in [0.25, 0.3) is 5.91 Å². The first kappa shape index (κ1) is 21.4. The summed E-state index contributed by atoms with van der Waals surface area (Å²) in [4.78, 5) is 18.5. The number of hydrogen-bond donors (Lipinski definition) is 1. The summed E-state index contributed by atoms with van der Waals surface area (Å²) < 4.78 is 31.2. The molecule has 2 spiro atoms. The molecule has 0 radical (unpaired) electrons. The molecule has 1 heterocycles. The highest BCUT2D eigenvalue weighted by Crippen LogP contribution is 2.61. The summed E-state index contributed by atoms with van der Waals surface area (Å²) in [5, 5.41) is 3.21. The SMILES string of the molecule is COC1CCC2(CC1)Cc1ccc(CCC3CC3)cc1C21N=C(SCC(F)F)NC1=O. The third-order valence-corrected chi connectivity index (χ3v) is 8.67. The van der Waals surface area contributed by atoms with E-state index in [9.17, 15) is 13.6 Å². The molecule has 168 valence electrons. The second-order valence-electron chi connectivity index (χ2n) is 9.65. The van der Waals surface area contributed by atoms with Gasteiger partial charge in [0.05, 0.1) is 11.9 Å². The summed E-state index contributed by atoms with van der Waals surface area (Å²) in [7, 11) is 1.74. The van der Waals surface area contributed by atoms with Gasteiger partial charge in [-0.2, -0.15) is 0 Å². The quantitative estimate of drug-likeness (QED) is 0.678. The smallest absolute Gasteiger partial charge is 0.259 e. The molecule has 0 saturated heterocycles. The van der Waals surface area contributed by atoms with Crippen molar-refractivity contribution in [2.24, 2.45) is 16.3 Å². The molecule has 5 rings (SSSR count). The fourth-order valence-corrected chi connectivity index (χ4v) is 6.56. The molecule has 2 saturated carbocycles. The number of carbonyl (C=O) groups is 1. The number of rotatable bonds is 6. The van der Waals surface area contributed by atoms with E-state index in [2.05, 4.69) is 23.5 Å². The van der Waals surface area contributed by atoms with Gasteiger partial charge in [-0.1, -0.05) is 42.8 Å². The van der Waals surface area contributed by atoms with E-state index in [1.54, 1.807) is 7.11 Å². The zero-order chi connectivity index (χ0) is 21.6. The minimum atomic E-state index is -2.43. The predicted octanol–water partition coefficient (Wildman–Crippen LogP) is 4.84. The van der Waals surface area contributed by atoms with Gasteiger partial charge in [0.15, 0.2) is 10.7 Å². The van der Waals surface area contributed by atoms with Crippen molar-refractivity contribution >= 4 is 22.8 Å². The fourth-order valence-electron chi connectivity index (χ4n) is 5.91. The van der Waals surface area contributed by atoms with Gasteiger partial charge in [0.1, 0.15) is 0 Å². The van der Waals surface area contributed by atoms with Crippen LogP contribution in [-0.2, 0) is 27.9 Å². The number of hydrogen-bond acceptors (Lipinski definition) is 4. The average Bonchev–Trinajstić information content (AvgIpc) is 3.48. The van der Waals surface area contributed by atoms with Gasteiger partial charge in [-0.05, 0) is 67.6 Å². The molecule has 7 heteroatoms. The molecule has 1 aromatic rings. The van der Waals surface area contributed by atoms with Crippen LogP contribution in [0.1, 0.15) is 61.6 Å². The molecular formula is C24H30F2N2O2S. The Kier molecular flexibility index (Phi) is 5.62. The van der Waals surface area contributed by atoms with Crippen LogP contribution in [0.2, 0.25) is 0 Å². The number of benzene rings is 1. The molecule has 0 aromatic heterocycles. The summed E-state index contributed by atoms with van der Waals surface area (Å²) in [6.45, 7) is 0. The van der Waals surface area contributed by atoms with Crippen molar-refractivity contribution in [3.8, 4) is 0 Å². The molecule has 1 N–H and O–H groups in total. The Hall–Kier alpha value is -1.47. The predicted molar refractivity (Wildman–Crippen MR) is 119 cm³/mol. The molecule has 1 amide bonds. The van der Waals surface area contributed by atoms with Crippen molar-refractivity contribution in [2.75, 3.05) is 12.9 Å². The first-order valence-corrected chi connectivity index (χ1v) is 12.4. The van der Waals surface area contributed by atoms with E-state index in [4.69, 9.17) is 9.73 Å². The number of amides is 1. The number of thioether (sulfide) groups is 1. The Balaban J connectivity index is 1.53. The normalized spacial score (nSPS) is 32.1. The summed E-state index contributed by atoms with van der Waals surface area (Å²) in [5.74, 6) is 0.351. The second kappa shape index (κ2) is 8.14. The lowest BCUT2D eigenvalue weighted by Crippen LogP contribution is -2.50. The molecule has 3 aliphatic carbocycles. The number of carbonyl (C=O) groups excluding carboxylic acids is 1. The van der Waals surface area contributed by atoms with Gasteiger partial charge in [0.2, 0.25) is 6.43 Å². The minimum Gasteiger partial charge on any atom is -0.381 e. The van der Waals surface area contributed by atoms with E-state index < -0.39 is 12.0 Å². The van der Waals surface area contributed by atoms with Gasteiger partial charge < -0.3 is 10.1 Å². The van der Waals surface area contributed by atoms with Crippen LogP contribution in [0.5, 0.6) is 0 Å². The third-order valence-electron chi connectivity index (χ3n) is 7.79. The second-order valence-corrected chi connectivity index (χ2v) is 10.7. The average molecular weight is 449 g/mol. The zero-order valence-corrected chi connectivity index (χ0v) is 18.8. The largest absolute Gasteiger partial charge is 0.381 e. The Bertz CT molecular complexity index is 894.